The summed E-state index contributed by atoms with van der Waals surface area (Å²) in [5.41, 5.74) is 1.13. The zero-order valence-electron chi connectivity index (χ0n) is 10.9. The minimum absolute atomic E-state index is 0.0850. The summed E-state index contributed by atoms with van der Waals surface area (Å²) in [7, 11) is 1.71. The maximum absolute atomic E-state index is 6.08. The maximum atomic E-state index is 6.08. The van der Waals surface area contributed by atoms with E-state index in [1.165, 1.54) is 25.7 Å². The topological polar surface area (TPSA) is 18.5 Å². The van der Waals surface area contributed by atoms with Crippen LogP contribution in [0.4, 0.5) is 0 Å². The molecule has 1 atom stereocenters. The highest BCUT2D eigenvalue weighted by Gasteiger charge is 2.20. The Bertz CT molecular complexity index is 361. The fourth-order valence-electron chi connectivity index (χ4n) is 2.58. The molecule has 0 N–H and O–H groups in total. The number of hydrogen-bond donors (Lipinski definition) is 0. The summed E-state index contributed by atoms with van der Waals surface area (Å²) in [6.45, 7) is 0.869. The van der Waals surface area contributed by atoms with Crippen molar-refractivity contribution in [1.29, 1.82) is 0 Å². The standard InChI is InChI=1S/C15H21BrO2/c1-17-14-9-5-4-8-13(14)15(10-16)18-11-12-6-2-3-7-12/h4-5,8-9,12,15H,2-3,6-7,10-11H2,1H3. The van der Waals surface area contributed by atoms with Crippen LogP contribution in [0.15, 0.2) is 24.3 Å². The largest absolute Gasteiger partial charge is 0.496 e. The van der Waals surface area contributed by atoms with Crippen molar-refractivity contribution in [2.75, 3.05) is 19.0 Å². The summed E-state index contributed by atoms with van der Waals surface area (Å²) in [5.74, 6) is 1.66. The van der Waals surface area contributed by atoms with Crippen LogP contribution in [0.3, 0.4) is 0 Å². The SMILES string of the molecule is COc1ccccc1C(CBr)OCC1CCCC1. The molecule has 1 aliphatic rings. The van der Waals surface area contributed by atoms with E-state index in [0.717, 1.165) is 29.2 Å². The minimum Gasteiger partial charge on any atom is -0.496 e. The van der Waals surface area contributed by atoms with Crippen LogP contribution in [-0.2, 0) is 4.74 Å². The van der Waals surface area contributed by atoms with Gasteiger partial charge in [0.15, 0.2) is 0 Å². The highest BCUT2D eigenvalue weighted by Crippen LogP contribution is 2.31. The normalized spacial score (nSPS) is 17.9. The van der Waals surface area contributed by atoms with Crippen LogP contribution < -0.4 is 4.74 Å². The van der Waals surface area contributed by atoms with Crippen LogP contribution in [0, 0.1) is 5.92 Å². The molecule has 0 amide bonds. The van der Waals surface area contributed by atoms with E-state index in [1.807, 2.05) is 18.2 Å². The molecule has 3 heteroatoms. The number of hydrogen-bond acceptors (Lipinski definition) is 2. The fraction of sp³-hybridized carbons (Fsp3) is 0.600. The van der Waals surface area contributed by atoms with Gasteiger partial charge in [-0.15, -0.1) is 0 Å². The van der Waals surface area contributed by atoms with E-state index in [9.17, 15) is 0 Å². The number of halogens is 1. The fourth-order valence-corrected chi connectivity index (χ4v) is 3.11. The van der Waals surface area contributed by atoms with Gasteiger partial charge < -0.3 is 9.47 Å². The van der Waals surface area contributed by atoms with E-state index < -0.39 is 0 Å². The first-order valence-electron chi connectivity index (χ1n) is 6.65. The van der Waals surface area contributed by atoms with Crippen molar-refractivity contribution in [2.45, 2.75) is 31.8 Å². The first-order chi connectivity index (χ1) is 8.85. The Morgan fingerprint density at radius 2 is 2.00 bits per heavy atom. The molecule has 1 fully saturated rings. The van der Waals surface area contributed by atoms with E-state index in [1.54, 1.807) is 7.11 Å². The molecule has 0 radical (unpaired) electrons. The van der Waals surface area contributed by atoms with Crippen molar-refractivity contribution in [1.82, 2.24) is 0 Å². The zero-order chi connectivity index (χ0) is 12.8. The summed E-state index contributed by atoms with van der Waals surface area (Å²) in [4.78, 5) is 0. The van der Waals surface area contributed by atoms with Gasteiger partial charge in [0.05, 0.1) is 19.8 Å². The van der Waals surface area contributed by atoms with Gasteiger partial charge in [0.2, 0.25) is 0 Å². The Morgan fingerprint density at radius 1 is 1.28 bits per heavy atom. The lowest BCUT2D eigenvalue weighted by Crippen LogP contribution is -2.13. The van der Waals surface area contributed by atoms with Crippen LogP contribution in [0.5, 0.6) is 5.75 Å². The molecule has 0 heterocycles. The summed E-state index contributed by atoms with van der Waals surface area (Å²) < 4.78 is 11.5. The van der Waals surface area contributed by atoms with Crippen LogP contribution in [0.2, 0.25) is 0 Å². The lowest BCUT2D eigenvalue weighted by molar-refractivity contribution is 0.0430. The van der Waals surface area contributed by atoms with Crippen molar-refractivity contribution in [3.05, 3.63) is 29.8 Å². The molecule has 0 saturated heterocycles. The van der Waals surface area contributed by atoms with Gasteiger partial charge in [0.1, 0.15) is 5.75 Å². The summed E-state index contributed by atoms with van der Waals surface area (Å²) in [6.07, 6.45) is 5.45. The Kier molecular flexibility index (Phi) is 5.51. The zero-order valence-corrected chi connectivity index (χ0v) is 12.5. The van der Waals surface area contributed by atoms with Crippen LogP contribution in [0.1, 0.15) is 37.4 Å². The van der Waals surface area contributed by atoms with Gasteiger partial charge in [-0.05, 0) is 24.8 Å². The summed E-state index contributed by atoms with van der Waals surface area (Å²) in [6, 6.07) is 8.10. The number of alkyl halides is 1. The second-order valence-corrected chi connectivity index (χ2v) is 5.52. The second kappa shape index (κ2) is 7.15. The van der Waals surface area contributed by atoms with Gasteiger partial charge in [-0.2, -0.15) is 0 Å². The first-order valence-corrected chi connectivity index (χ1v) is 7.77. The third-order valence-electron chi connectivity index (χ3n) is 3.63. The molecule has 0 bridgehead atoms. The molecule has 18 heavy (non-hydrogen) atoms. The summed E-state index contributed by atoms with van der Waals surface area (Å²) >= 11 is 3.54. The molecule has 1 unspecified atom stereocenters. The number of ether oxygens (including phenoxy) is 2. The van der Waals surface area contributed by atoms with Gasteiger partial charge in [0, 0.05) is 10.9 Å². The number of benzene rings is 1. The number of methoxy groups -OCH3 is 1. The van der Waals surface area contributed by atoms with Crippen molar-refractivity contribution >= 4 is 15.9 Å². The van der Waals surface area contributed by atoms with Gasteiger partial charge in [-0.25, -0.2) is 0 Å². The van der Waals surface area contributed by atoms with Crippen LogP contribution in [-0.4, -0.2) is 19.0 Å². The Morgan fingerprint density at radius 3 is 2.67 bits per heavy atom. The highest BCUT2D eigenvalue weighted by molar-refractivity contribution is 9.09. The van der Waals surface area contributed by atoms with Crippen LogP contribution in [0.25, 0.3) is 0 Å². The number of rotatable bonds is 6. The molecule has 1 aromatic carbocycles. The van der Waals surface area contributed by atoms with E-state index in [-0.39, 0.29) is 6.10 Å². The molecule has 1 aromatic rings. The summed E-state index contributed by atoms with van der Waals surface area (Å²) in [5, 5.41) is 0.806. The maximum Gasteiger partial charge on any atom is 0.124 e. The minimum atomic E-state index is 0.0850. The molecular formula is C15H21BrO2. The molecule has 100 valence electrons. The molecule has 1 saturated carbocycles. The van der Waals surface area contributed by atoms with Gasteiger partial charge >= 0.3 is 0 Å². The van der Waals surface area contributed by atoms with Crippen molar-refractivity contribution < 1.29 is 9.47 Å². The Hall–Kier alpha value is -0.540. The molecule has 0 aromatic heterocycles. The van der Waals surface area contributed by atoms with Crippen molar-refractivity contribution in [3.63, 3.8) is 0 Å². The quantitative estimate of drug-likeness (QED) is 0.728. The average molecular weight is 313 g/mol. The van der Waals surface area contributed by atoms with Gasteiger partial charge in [-0.1, -0.05) is 47.0 Å². The van der Waals surface area contributed by atoms with Crippen molar-refractivity contribution in [3.8, 4) is 5.75 Å². The second-order valence-electron chi connectivity index (χ2n) is 4.87. The predicted octanol–water partition coefficient (Wildman–Crippen LogP) is 4.34. The van der Waals surface area contributed by atoms with Crippen LogP contribution >= 0.6 is 15.9 Å². The van der Waals surface area contributed by atoms with E-state index >= 15 is 0 Å². The van der Waals surface area contributed by atoms with E-state index in [4.69, 9.17) is 9.47 Å². The third-order valence-corrected chi connectivity index (χ3v) is 4.22. The van der Waals surface area contributed by atoms with Gasteiger partial charge in [-0.3, -0.25) is 0 Å². The molecule has 0 aliphatic heterocycles. The number of para-hydroxylation sites is 1. The molecular weight excluding hydrogens is 292 g/mol. The predicted molar refractivity (Wildman–Crippen MR) is 77.4 cm³/mol. The van der Waals surface area contributed by atoms with E-state index in [0.29, 0.717) is 0 Å². The van der Waals surface area contributed by atoms with Gasteiger partial charge in [0.25, 0.3) is 0 Å². The molecule has 2 rings (SSSR count). The lowest BCUT2D eigenvalue weighted by atomic mass is 10.1. The monoisotopic (exact) mass is 312 g/mol. The Balaban J connectivity index is 1.98. The first kappa shape index (κ1) is 13.9. The molecule has 0 spiro atoms. The van der Waals surface area contributed by atoms with E-state index in [2.05, 4.69) is 22.0 Å². The lowest BCUT2D eigenvalue weighted by Gasteiger charge is -2.20. The Labute approximate surface area is 118 Å². The average Bonchev–Trinajstić information content (AvgIpc) is 2.93. The molecule has 1 aliphatic carbocycles. The molecule has 2 nitrogen and oxygen atoms in total. The smallest absolute Gasteiger partial charge is 0.124 e. The third kappa shape index (κ3) is 3.48. The highest BCUT2D eigenvalue weighted by atomic mass is 79.9. The van der Waals surface area contributed by atoms with Crippen molar-refractivity contribution in [2.24, 2.45) is 5.92 Å².